The number of carbonyl (C=O) groups excluding carboxylic acids is 1. The van der Waals surface area contributed by atoms with Gasteiger partial charge in [-0.2, -0.15) is 8.42 Å². The Morgan fingerprint density at radius 2 is 1.91 bits per heavy atom. The molecule has 22 heavy (non-hydrogen) atoms. The van der Waals surface area contributed by atoms with E-state index in [0.29, 0.717) is 0 Å². The van der Waals surface area contributed by atoms with Crippen molar-refractivity contribution in [2.24, 2.45) is 0 Å². The second-order valence-corrected chi connectivity index (χ2v) is 6.06. The zero-order valence-electron chi connectivity index (χ0n) is 11.9. The Hall–Kier alpha value is -2.13. The number of hydrogen-bond acceptors (Lipinski definition) is 6. The summed E-state index contributed by atoms with van der Waals surface area (Å²) in [7, 11) is -3.83. The Bertz CT molecular complexity index is 600. The van der Waals surface area contributed by atoms with Crippen molar-refractivity contribution in [2.75, 3.05) is 12.8 Å². The number of amides is 1. The number of ether oxygens (including phenoxy) is 1. The molecule has 0 aromatic heterocycles. The van der Waals surface area contributed by atoms with Crippen LogP contribution in [0.25, 0.3) is 0 Å². The highest BCUT2D eigenvalue weighted by molar-refractivity contribution is 7.86. The van der Waals surface area contributed by atoms with Gasteiger partial charge in [-0.25, -0.2) is 4.79 Å². The van der Waals surface area contributed by atoms with Crippen molar-refractivity contribution < 1.29 is 32.0 Å². The third-order valence-electron chi connectivity index (χ3n) is 2.40. The lowest BCUT2D eigenvalue weighted by molar-refractivity contribution is -0.138. The molecule has 0 spiro atoms. The predicted molar refractivity (Wildman–Crippen MR) is 76.6 cm³/mol. The number of benzene rings is 1. The summed E-state index contributed by atoms with van der Waals surface area (Å²) in [6.45, 7) is -0.254. The molecule has 122 valence electrons. The lowest BCUT2D eigenvalue weighted by Gasteiger charge is -2.15. The molecule has 0 radical (unpaired) electrons. The van der Waals surface area contributed by atoms with Crippen molar-refractivity contribution in [3.8, 4) is 0 Å². The monoisotopic (exact) mass is 331 g/mol. The molecule has 0 aliphatic heterocycles. The number of alkyl carbamates (subject to hydrolysis) is 1. The van der Waals surface area contributed by atoms with Crippen LogP contribution < -0.4 is 5.32 Å². The first kappa shape index (κ1) is 17.9. The van der Waals surface area contributed by atoms with Gasteiger partial charge in [-0.3, -0.25) is 8.98 Å². The molecule has 2 N–H and O–H groups in total. The first-order chi connectivity index (χ1) is 10.3. The summed E-state index contributed by atoms with van der Waals surface area (Å²) < 4.78 is 31.5. The van der Waals surface area contributed by atoms with Crippen LogP contribution in [0.15, 0.2) is 30.3 Å². The Balaban J connectivity index is 2.42. The highest BCUT2D eigenvalue weighted by Gasteiger charge is 2.20. The predicted octanol–water partition coefficient (Wildman–Crippen LogP) is 0.732. The average Bonchev–Trinajstić information content (AvgIpc) is 2.41. The third kappa shape index (κ3) is 8.22. The molecule has 0 heterocycles. The maximum Gasteiger partial charge on any atom is 0.407 e. The number of carbonyl (C=O) groups is 2. The molecule has 0 bridgehead atoms. The van der Waals surface area contributed by atoms with Gasteiger partial charge in [0, 0.05) is 6.54 Å². The summed E-state index contributed by atoms with van der Waals surface area (Å²) >= 11 is 0. The van der Waals surface area contributed by atoms with E-state index in [1.807, 2.05) is 6.07 Å². The number of rotatable bonds is 8. The van der Waals surface area contributed by atoms with E-state index in [1.165, 1.54) is 0 Å². The van der Waals surface area contributed by atoms with Gasteiger partial charge < -0.3 is 15.2 Å². The number of hydrogen-bond donors (Lipinski definition) is 2. The van der Waals surface area contributed by atoms with Crippen LogP contribution >= 0.6 is 0 Å². The van der Waals surface area contributed by atoms with Gasteiger partial charge >= 0.3 is 12.1 Å². The highest BCUT2D eigenvalue weighted by Crippen LogP contribution is 2.04. The van der Waals surface area contributed by atoms with Crippen LogP contribution in [0.1, 0.15) is 12.0 Å². The molecule has 1 aromatic carbocycles. The summed E-state index contributed by atoms with van der Waals surface area (Å²) in [5.74, 6) is -1.24. The molecule has 8 nitrogen and oxygen atoms in total. The lowest BCUT2D eigenvalue weighted by atomic mass is 10.2. The SMILES string of the molecule is CS(=O)(=O)OC(CNC(=O)OCc1ccccc1)CC(=O)O. The number of carboxylic acid groups (broad SMARTS) is 1. The highest BCUT2D eigenvalue weighted by atomic mass is 32.2. The molecule has 0 aliphatic carbocycles. The van der Waals surface area contributed by atoms with Crippen molar-refractivity contribution in [3.05, 3.63) is 35.9 Å². The number of nitrogens with one attached hydrogen (secondary N) is 1. The molecule has 0 aliphatic rings. The topological polar surface area (TPSA) is 119 Å². The van der Waals surface area contributed by atoms with E-state index >= 15 is 0 Å². The van der Waals surface area contributed by atoms with E-state index < -0.39 is 34.7 Å². The van der Waals surface area contributed by atoms with Gasteiger partial charge in [0.1, 0.15) is 12.7 Å². The quantitative estimate of drug-likeness (QED) is 0.674. The van der Waals surface area contributed by atoms with E-state index in [2.05, 4.69) is 9.50 Å². The second kappa shape index (κ2) is 8.35. The molecule has 1 unspecified atom stereocenters. The van der Waals surface area contributed by atoms with Gasteiger partial charge in [0.2, 0.25) is 0 Å². The van der Waals surface area contributed by atoms with E-state index in [0.717, 1.165) is 11.8 Å². The van der Waals surface area contributed by atoms with Crippen LogP contribution in [0, 0.1) is 0 Å². The molecule has 9 heteroatoms. The fourth-order valence-corrected chi connectivity index (χ4v) is 2.18. The summed E-state index contributed by atoms with van der Waals surface area (Å²) in [6.07, 6.45) is -1.75. The Labute approximate surface area is 128 Å². The molecule has 1 rings (SSSR count). The molecule has 0 saturated carbocycles. The first-order valence-electron chi connectivity index (χ1n) is 6.31. The van der Waals surface area contributed by atoms with Crippen LogP contribution in [-0.4, -0.2) is 44.5 Å². The smallest absolute Gasteiger partial charge is 0.407 e. The summed E-state index contributed by atoms with van der Waals surface area (Å²) in [6, 6.07) is 8.95. The minimum Gasteiger partial charge on any atom is -0.481 e. The van der Waals surface area contributed by atoms with Gasteiger partial charge in [-0.1, -0.05) is 30.3 Å². The average molecular weight is 331 g/mol. The van der Waals surface area contributed by atoms with Crippen molar-refractivity contribution >= 4 is 22.2 Å². The maximum absolute atomic E-state index is 11.5. The third-order valence-corrected chi connectivity index (χ3v) is 3.02. The Morgan fingerprint density at radius 3 is 2.45 bits per heavy atom. The Morgan fingerprint density at radius 1 is 1.27 bits per heavy atom. The van der Waals surface area contributed by atoms with Gasteiger partial charge in [0.15, 0.2) is 0 Å². The van der Waals surface area contributed by atoms with Crippen LogP contribution in [0.4, 0.5) is 4.79 Å². The lowest BCUT2D eigenvalue weighted by Crippen LogP contribution is -2.36. The molecular weight excluding hydrogens is 314 g/mol. The molecule has 1 amide bonds. The van der Waals surface area contributed by atoms with Gasteiger partial charge in [0.25, 0.3) is 10.1 Å². The van der Waals surface area contributed by atoms with E-state index in [9.17, 15) is 18.0 Å². The van der Waals surface area contributed by atoms with Crippen molar-refractivity contribution in [1.82, 2.24) is 5.32 Å². The fraction of sp³-hybridized carbons (Fsp3) is 0.385. The summed E-state index contributed by atoms with van der Waals surface area (Å²) in [5.41, 5.74) is 0.784. The van der Waals surface area contributed by atoms with Crippen LogP contribution in [-0.2, 0) is 30.4 Å². The van der Waals surface area contributed by atoms with Crippen molar-refractivity contribution in [1.29, 1.82) is 0 Å². The second-order valence-electron chi connectivity index (χ2n) is 4.46. The zero-order valence-corrected chi connectivity index (χ0v) is 12.7. The van der Waals surface area contributed by atoms with Gasteiger partial charge in [-0.15, -0.1) is 0 Å². The van der Waals surface area contributed by atoms with E-state index in [-0.39, 0.29) is 13.2 Å². The van der Waals surface area contributed by atoms with E-state index in [1.54, 1.807) is 24.3 Å². The largest absolute Gasteiger partial charge is 0.481 e. The standard InChI is InChI=1S/C13H17NO7S/c1-22(18,19)21-11(7-12(15)16)8-14-13(17)20-9-10-5-3-2-4-6-10/h2-6,11H,7-9H2,1H3,(H,14,17)(H,15,16). The minimum absolute atomic E-state index is 0.0448. The normalized spacial score (nSPS) is 12.4. The van der Waals surface area contributed by atoms with Gasteiger partial charge in [0.05, 0.1) is 12.7 Å². The zero-order chi connectivity index (χ0) is 16.6. The molecule has 0 fully saturated rings. The minimum atomic E-state index is -3.83. The van der Waals surface area contributed by atoms with Crippen LogP contribution in [0.3, 0.4) is 0 Å². The first-order valence-corrected chi connectivity index (χ1v) is 8.12. The molecule has 0 saturated heterocycles. The summed E-state index contributed by atoms with van der Waals surface area (Å²) in [5, 5.41) is 10.9. The molecule has 1 atom stereocenters. The van der Waals surface area contributed by atoms with Gasteiger partial charge in [-0.05, 0) is 5.56 Å². The van der Waals surface area contributed by atoms with Crippen molar-refractivity contribution in [3.63, 3.8) is 0 Å². The van der Waals surface area contributed by atoms with Crippen molar-refractivity contribution in [2.45, 2.75) is 19.1 Å². The molecule has 1 aromatic rings. The number of carboxylic acids is 1. The molecular formula is C13H17NO7S. The maximum atomic E-state index is 11.5. The van der Waals surface area contributed by atoms with E-state index in [4.69, 9.17) is 9.84 Å². The Kier molecular flexibility index (Phi) is 6.80. The van der Waals surface area contributed by atoms with Crippen LogP contribution in [0.2, 0.25) is 0 Å². The fourth-order valence-electron chi connectivity index (χ4n) is 1.55. The number of aliphatic carboxylic acids is 1. The van der Waals surface area contributed by atoms with Crippen LogP contribution in [0.5, 0.6) is 0 Å². The summed E-state index contributed by atoms with van der Waals surface area (Å²) in [4.78, 5) is 22.1.